The van der Waals surface area contributed by atoms with Gasteiger partial charge in [-0.05, 0) is 28.2 Å². The summed E-state index contributed by atoms with van der Waals surface area (Å²) < 4.78 is 34.1. The summed E-state index contributed by atoms with van der Waals surface area (Å²) in [5.41, 5.74) is 4.21. The van der Waals surface area contributed by atoms with E-state index in [9.17, 15) is 23.2 Å². The van der Waals surface area contributed by atoms with Gasteiger partial charge in [0.2, 0.25) is 5.91 Å². The molecular formula is C26H28F2N2O5. The molecule has 1 fully saturated rings. The van der Waals surface area contributed by atoms with Crippen LogP contribution in [0, 0.1) is 17.8 Å². The van der Waals surface area contributed by atoms with Crippen LogP contribution in [0.1, 0.15) is 30.9 Å². The zero-order valence-corrected chi connectivity index (χ0v) is 19.5. The van der Waals surface area contributed by atoms with Gasteiger partial charge in [0, 0.05) is 19.0 Å². The van der Waals surface area contributed by atoms with Gasteiger partial charge in [-0.25, -0.2) is 13.6 Å². The second-order valence-corrected chi connectivity index (χ2v) is 9.47. The molecule has 0 unspecified atom stereocenters. The number of fused-ring (bicyclic) bond motifs is 3. The number of rotatable bonds is 9. The van der Waals surface area contributed by atoms with E-state index >= 15 is 0 Å². The summed E-state index contributed by atoms with van der Waals surface area (Å²) in [4.78, 5) is 37.0. The van der Waals surface area contributed by atoms with Gasteiger partial charge in [-0.2, -0.15) is 0 Å². The zero-order valence-electron chi connectivity index (χ0n) is 19.5. The molecule has 186 valence electrons. The molecule has 9 heteroatoms. The van der Waals surface area contributed by atoms with Crippen molar-refractivity contribution in [2.45, 2.75) is 25.7 Å². The number of nitrogens with zero attached hydrogens (tertiary/aromatic N) is 1. The standard InChI is InChI=1S/C26H28F2N2O5/c1-15(2)12-30(13-22(31)32)24(33)23-21(26(23,27)28)11-29-25(34)35-14-20-18-9-5-3-7-16(18)17-8-4-6-10-19(17)20/h3-10,15,20-21,23H,11-14H2,1-2H3,(H,29,34)(H,31,32)/t21-,23-/m0/s1. The molecule has 0 bridgehead atoms. The molecule has 0 aromatic heterocycles. The molecule has 0 spiro atoms. The van der Waals surface area contributed by atoms with Crippen LogP contribution in [0.4, 0.5) is 13.6 Å². The lowest BCUT2D eigenvalue weighted by atomic mass is 9.98. The molecule has 0 heterocycles. The largest absolute Gasteiger partial charge is 0.480 e. The summed E-state index contributed by atoms with van der Waals surface area (Å²) >= 11 is 0. The number of hydrogen-bond acceptors (Lipinski definition) is 4. The first-order valence-corrected chi connectivity index (χ1v) is 11.6. The van der Waals surface area contributed by atoms with Gasteiger partial charge in [0.15, 0.2) is 0 Å². The number of carboxylic acids is 1. The van der Waals surface area contributed by atoms with Crippen molar-refractivity contribution in [2.24, 2.45) is 17.8 Å². The molecule has 4 rings (SSSR count). The second-order valence-electron chi connectivity index (χ2n) is 9.47. The van der Waals surface area contributed by atoms with E-state index in [0.29, 0.717) is 0 Å². The van der Waals surface area contributed by atoms with E-state index in [2.05, 4.69) is 5.32 Å². The highest BCUT2D eigenvalue weighted by atomic mass is 19.3. The lowest BCUT2D eigenvalue weighted by Crippen LogP contribution is -2.40. The number of alkyl carbamates (subject to hydrolysis) is 1. The fraction of sp³-hybridized carbons (Fsp3) is 0.423. The number of alkyl halides is 2. The van der Waals surface area contributed by atoms with Crippen molar-refractivity contribution in [3.8, 4) is 11.1 Å². The van der Waals surface area contributed by atoms with E-state index in [1.807, 2.05) is 48.5 Å². The number of ether oxygens (including phenoxy) is 1. The Morgan fingerprint density at radius 2 is 1.63 bits per heavy atom. The number of halogens is 2. The Labute approximate surface area is 202 Å². The van der Waals surface area contributed by atoms with Crippen LogP contribution in [0.2, 0.25) is 0 Å². The summed E-state index contributed by atoms with van der Waals surface area (Å²) in [7, 11) is 0. The summed E-state index contributed by atoms with van der Waals surface area (Å²) in [6.45, 7) is 2.56. The van der Waals surface area contributed by atoms with Gasteiger partial charge in [0.1, 0.15) is 19.1 Å². The van der Waals surface area contributed by atoms with E-state index in [1.54, 1.807) is 13.8 Å². The molecule has 2 aliphatic carbocycles. The van der Waals surface area contributed by atoms with Crippen molar-refractivity contribution in [3.05, 3.63) is 59.7 Å². The van der Waals surface area contributed by atoms with Crippen molar-refractivity contribution in [1.82, 2.24) is 10.2 Å². The Balaban J connectivity index is 1.34. The van der Waals surface area contributed by atoms with Gasteiger partial charge >= 0.3 is 12.1 Å². The minimum atomic E-state index is -3.32. The van der Waals surface area contributed by atoms with Crippen LogP contribution in [0.5, 0.6) is 0 Å². The first-order chi connectivity index (χ1) is 16.6. The van der Waals surface area contributed by atoms with Crippen LogP contribution in [0.25, 0.3) is 11.1 Å². The van der Waals surface area contributed by atoms with Gasteiger partial charge in [-0.15, -0.1) is 0 Å². The minimum absolute atomic E-state index is 0.0457. The molecule has 2 atom stereocenters. The van der Waals surface area contributed by atoms with Crippen molar-refractivity contribution in [2.75, 3.05) is 26.2 Å². The number of aliphatic carboxylic acids is 1. The molecule has 2 N–H and O–H groups in total. The van der Waals surface area contributed by atoms with Crippen LogP contribution < -0.4 is 5.32 Å². The number of nitrogens with one attached hydrogen (secondary N) is 1. The van der Waals surface area contributed by atoms with Gasteiger partial charge < -0.3 is 20.1 Å². The molecule has 0 saturated heterocycles. The van der Waals surface area contributed by atoms with Crippen LogP contribution in [0.15, 0.2) is 48.5 Å². The second kappa shape index (κ2) is 9.64. The monoisotopic (exact) mass is 486 g/mol. The number of carbonyl (C=O) groups is 3. The predicted molar refractivity (Wildman–Crippen MR) is 124 cm³/mol. The van der Waals surface area contributed by atoms with Crippen LogP contribution in [0.3, 0.4) is 0 Å². The fourth-order valence-corrected chi connectivity index (χ4v) is 4.86. The smallest absolute Gasteiger partial charge is 0.407 e. The van der Waals surface area contributed by atoms with Gasteiger partial charge in [0.05, 0.1) is 5.92 Å². The predicted octanol–water partition coefficient (Wildman–Crippen LogP) is 3.98. The summed E-state index contributed by atoms with van der Waals surface area (Å²) in [6.07, 6.45) is -0.842. The van der Waals surface area contributed by atoms with E-state index in [1.165, 1.54) is 0 Å². The molecule has 2 aliphatic rings. The summed E-state index contributed by atoms with van der Waals surface area (Å²) in [5, 5.41) is 11.4. The zero-order chi connectivity index (χ0) is 25.3. The average molecular weight is 487 g/mol. The Morgan fingerprint density at radius 1 is 1.06 bits per heavy atom. The molecule has 2 aromatic rings. The average Bonchev–Trinajstić information content (AvgIpc) is 3.20. The van der Waals surface area contributed by atoms with E-state index < -0.39 is 48.8 Å². The highest BCUT2D eigenvalue weighted by Gasteiger charge is 2.72. The van der Waals surface area contributed by atoms with Gasteiger partial charge in [-0.1, -0.05) is 62.4 Å². The maximum Gasteiger partial charge on any atom is 0.407 e. The molecule has 35 heavy (non-hydrogen) atoms. The maximum absolute atomic E-state index is 14.4. The number of carboxylic acid groups (broad SMARTS) is 1. The van der Waals surface area contributed by atoms with Gasteiger partial charge in [0.25, 0.3) is 5.92 Å². The number of amides is 2. The maximum atomic E-state index is 14.4. The number of hydrogen-bond donors (Lipinski definition) is 2. The minimum Gasteiger partial charge on any atom is -0.480 e. The lowest BCUT2D eigenvalue weighted by Gasteiger charge is -2.22. The summed E-state index contributed by atoms with van der Waals surface area (Å²) in [5.74, 6) is -8.80. The third-order valence-electron chi connectivity index (χ3n) is 6.50. The third kappa shape index (κ3) is 4.99. The Hall–Kier alpha value is -3.49. The normalized spacial score (nSPS) is 19.6. The fourth-order valence-electron chi connectivity index (χ4n) is 4.86. The first-order valence-electron chi connectivity index (χ1n) is 11.6. The Bertz CT molecular complexity index is 1090. The molecule has 7 nitrogen and oxygen atoms in total. The molecule has 0 radical (unpaired) electrons. The van der Waals surface area contributed by atoms with Gasteiger partial charge in [-0.3, -0.25) is 9.59 Å². The molecule has 2 aromatic carbocycles. The van der Waals surface area contributed by atoms with Crippen molar-refractivity contribution in [3.63, 3.8) is 0 Å². The topological polar surface area (TPSA) is 95.9 Å². The van der Waals surface area contributed by atoms with Crippen molar-refractivity contribution < 1.29 is 33.0 Å². The number of benzene rings is 2. The highest BCUT2D eigenvalue weighted by molar-refractivity contribution is 5.87. The van der Waals surface area contributed by atoms with Crippen molar-refractivity contribution in [1.29, 1.82) is 0 Å². The van der Waals surface area contributed by atoms with E-state index in [4.69, 9.17) is 9.84 Å². The van der Waals surface area contributed by atoms with Crippen LogP contribution >= 0.6 is 0 Å². The van der Waals surface area contributed by atoms with Crippen LogP contribution in [-0.4, -0.2) is 60.1 Å². The third-order valence-corrected chi connectivity index (χ3v) is 6.50. The summed E-state index contributed by atoms with van der Waals surface area (Å²) in [6, 6.07) is 15.7. The van der Waals surface area contributed by atoms with E-state index in [0.717, 1.165) is 27.2 Å². The molecular weight excluding hydrogens is 458 g/mol. The molecule has 1 saturated carbocycles. The van der Waals surface area contributed by atoms with E-state index in [-0.39, 0.29) is 25.0 Å². The first kappa shape index (κ1) is 24.6. The quantitative estimate of drug-likeness (QED) is 0.559. The molecule has 2 amide bonds. The Kier molecular flexibility index (Phi) is 6.78. The van der Waals surface area contributed by atoms with Crippen molar-refractivity contribution >= 4 is 18.0 Å². The molecule has 0 aliphatic heterocycles. The lowest BCUT2D eigenvalue weighted by molar-refractivity contribution is -0.146. The highest BCUT2D eigenvalue weighted by Crippen LogP contribution is 2.55. The Morgan fingerprint density at radius 3 is 2.17 bits per heavy atom. The van der Waals surface area contributed by atoms with Crippen LogP contribution in [-0.2, 0) is 14.3 Å². The SMILES string of the molecule is CC(C)CN(CC(=O)O)C(=O)[C@@H]1[C@H](CNC(=O)OCC2c3ccccc3-c3ccccc32)C1(F)F. The number of carbonyl (C=O) groups excluding carboxylic acids is 2.